The van der Waals surface area contributed by atoms with Crippen LogP contribution in [0, 0.1) is 6.92 Å². The van der Waals surface area contributed by atoms with Crippen LogP contribution in [0.1, 0.15) is 46.8 Å². The van der Waals surface area contributed by atoms with Crippen LogP contribution in [0.15, 0.2) is 61.1 Å². The van der Waals surface area contributed by atoms with Crippen molar-refractivity contribution in [3.8, 4) is 5.69 Å². The highest BCUT2D eigenvalue weighted by atomic mass is 16.7. The average Bonchev–Trinajstić information content (AvgIpc) is 3.34. The van der Waals surface area contributed by atoms with E-state index in [9.17, 15) is 4.79 Å². The number of carbonyl (C=O) groups is 1. The Labute approximate surface area is 187 Å². The first kappa shape index (κ1) is 20.6. The lowest BCUT2D eigenvalue weighted by atomic mass is 9.90. The quantitative estimate of drug-likeness (QED) is 0.624. The van der Waals surface area contributed by atoms with E-state index in [-0.39, 0.29) is 17.9 Å². The van der Waals surface area contributed by atoms with Crippen LogP contribution < -0.4 is 5.32 Å². The zero-order valence-corrected chi connectivity index (χ0v) is 18.3. The maximum absolute atomic E-state index is 13.6. The van der Waals surface area contributed by atoms with Gasteiger partial charge in [-0.25, -0.2) is 0 Å². The second-order valence-electron chi connectivity index (χ2n) is 8.60. The first-order valence-corrected chi connectivity index (χ1v) is 11.0. The standard InChI is InChI=1S/C25H27N5O2/c1-17-13-21(15-22(14-17)30-26-10-11-27-30)25(31)24-23(8-7-18(2)28-24)32-29-12-9-19-5-3-4-6-20(19)16-29/h3-6,9-15,18,23-24,28H,7-8,16H2,1-2H3. The lowest BCUT2D eigenvalue weighted by Gasteiger charge is -2.38. The fourth-order valence-corrected chi connectivity index (χ4v) is 4.46. The summed E-state index contributed by atoms with van der Waals surface area (Å²) in [7, 11) is 0. The summed E-state index contributed by atoms with van der Waals surface area (Å²) in [6.07, 6.45) is 8.79. The normalized spacial score (nSPS) is 22.6. The minimum atomic E-state index is -0.426. The Morgan fingerprint density at radius 2 is 1.94 bits per heavy atom. The number of nitrogens with zero attached hydrogens (tertiary/aromatic N) is 4. The van der Waals surface area contributed by atoms with Crippen LogP contribution in [0.2, 0.25) is 0 Å². The van der Waals surface area contributed by atoms with Crippen molar-refractivity contribution < 1.29 is 9.63 Å². The second kappa shape index (κ2) is 8.68. The molecule has 3 atom stereocenters. The fourth-order valence-electron chi connectivity index (χ4n) is 4.46. The summed E-state index contributed by atoms with van der Waals surface area (Å²) in [5, 5.41) is 13.7. The number of carbonyl (C=O) groups excluding carboxylic acids is 1. The number of ketones is 1. The maximum Gasteiger partial charge on any atom is 0.182 e. The molecule has 1 N–H and O–H groups in total. The molecule has 2 aromatic carbocycles. The Balaban J connectivity index is 1.38. The zero-order valence-electron chi connectivity index (χ0n) is 18.3. The number of benzene rings is 2. The number of piperidine rings is 1. The number of hydroxylamine groups is 2. The molecule has 5 rings (SSSR count). The summed E-state index contributed by atoms with van der Waals surface area (Å²) < 4.78 is 0. The van der Waals surface area contributed by atoms with Crippen LogP contribution in [-0.4, -0.2) is 44.0 Å². The molecule has 1 aromatic heterocycles. The van der Waals surface area contributed by atoms with Gasteiger partial charge in [0.25, 0.3) is 0 Å². The Kier molecular flexibility index (Phi) is 5.59. The zero-order chi connectivity index (χ0) is 22.1. The highest BCUT2D eigenvalue weighted by Crippen LogP contribution is 2.26. The van der Waals surface area contributed by atoms with Crippen LogP contribution in [-0.2, 0) is 11.4 Å². The third-order valence-corrected chi connectivity index (χ3v) is 6.07. The minimum absolute atomic E-state index is 0.0278. The predicted molar refractivity (Wildman–Crippen MR) is 122 cm³/mol. The molecule has 3 heterocycles. The van der Waals surface area contributed by atoms with E-state index in [0.717, 1.165) is 24.1 Å². The van der Waals surface area contributed by atoms with Crippen molar-refractivity contribution in [3.63, 3.8) is 0 Å². The minimum Gasteiger partial charge on any atom is -0.302 e. The second-order valence-corrected chi connectivity index (χ2v) is 8.60. The largest absolute Gasteiger partial charge is 0.302 e. The number of aryl methyl sites for hydroxylation is 1. The van der Waals surface area contributed by atoms with E-state index in [0.29, 0.717) is 12.1 Å². The number of fused-ring (bicyclic) bond motifs is 1. The van der Waals surface area contributed by atoms with Crippen molar-refractivity contribution >= 4 is 11.9 Å². The highest BCUT2D eigenvalue weighted by molar-refractivity contribution is 6.01. The van der Waals surface area contributed by atoms with Crippen molar-refractivity contribution in [2.24, 2.45) is 0 Å². The van der Waals surface area contributed by atoms with Crippen LogP contribution in [0.25, 0.3) is 11.8 Å². The molecular formula is C25H27N5O2. The van der Waals surface area contributed by atoms with Crippen molar-refractivity contribution in [1.82, 2.24) is 25.4 Å². The Bertz CT molecular complexity index is 1140. The van der Waals surface area contributed by atoms with E-state index >= 15 is 0 Å². The smallest absolute Gasteiger partial charge is 0.182 e. The monoisotopic (exact) mass is 429 g/mol. The summed E-state index contributed by atoms with van der Waals surface area (Å²) in [5.74, 6) is 0.0278. The molecule has 0 saturated carbocycles. The van der Waals surface area contributed by atoms with Crippen molar-refractivity contribution in [3.05, 3.63) is 83.3 Å². The lowest BCUT2D eigenvalue weighted by Crippen LogP contribution is -2.55. The molecule has 2 aliphatic heterocycles. The number of rotatable bonds is 5. The van der Waals surface area contributed by atoms with E-state index in [4.69, 9.17) is 4.84 Å². The molecule has 7 heteroatoms. The third-order valence-electron chi connectivity index (χ3n) is 6.07. The van der Waals surface area contributed by atoms with E-state index in [2.05, 4.69) is 40.6 Å². The average molecular weight is 430 g/mol. The highest BCUT2D eigenvalue weighted by Gasteiger charge is 2.36. The molecule has 164 valence electrons. The van der Waals surface area contributed by atoms with Gasteiger partial charge in [0.1, 0.15) is 12.1 Å². The first-order valence-electron chi connectivity index (χ1n) is 11.0. The fraction of sp³-hybridized carbons (Fsp3) is 0.320. The Hall–Kier alpha value is -3.29. The van der Waals surface area contributed by atoms with Crippen molar-refractivity contribution in [2.45, 2.75) is 51.4 Å². The van der Waals surface area contributed by atoms with Gasteiger partial charge in [0.2, 0.25) is 0 Å². The van der Waals surface area contributed by atoms with Gasteiger partial charge in [0, 0.05) is 17.8 Å². The van der Waals surface area contributed by atoms with Gasteiger partial charge in [0.15, 0.2) is 5.78 Å². The molecule has 0 spiro atoms. The van der Waals surface area contributed by atoms with Gasteiger partial charge in [-0.2, -0.15) is 15.0 Å². The van der Waals surface area contributed by atoms with Gasteiger partial charge >= 0.3 is 0 Å². The van der Waals surface area contributed by atoms with Gasteiger partial charge in [0.05, 0.1) is 24.6 Å². The van der Waals surface area contributed by atoms with Gasteiger partial charge in [-0.1, -0.05) is 24.3 Å². The molecule has 3 aromatic rings. The molecule has 7 nitrogen and oxygen atoms in total. The molecule has 0 bridgehead atoms. The Morgan fingerprint density at radius 1 is 1.12 bits per heavy atom. The van der Waals surface area contributed by atoms with Crippen LogP contribution in [0.4, 0.5) is 0 Å². The molecule has 1 saturated heterocycles. The van der Waals surface area contributed by atoms with Crippen molar-refractivity contribution in [2.75, 3.05) is 0 Å². The SMILES string of the molecule is Cc1cc(C(=O)C2NC(C)CCC2ON2C=Cc3ccccc3C2)cc(-n2nccn2)c1. The molecule has 1 fully saturated rings. The van der Waals surface area contributed by atoms with Gasteiger partial charge in [-0.15, -0.1) is 0 Å². The summed E-state index contributed by atoms with van der Waals surface area (Å²) in [5.41, 5.74) is 4.81. The molecule has 2 aliphatic rings. The molecule has 32 heavy (non-hydrogen) atoms. The predicted octanol–water partition coefficient (Wildman–Crippen LogP) is 3.69. The van der Waals surface area contributed by atoms with Crippen LogP contribution in [0.5, 0.6) is 0 Å². The van der Waals surface area contributed by atoms with E-state index in [1.165, 1.54) is 15.9 Å². The molecule has 3 unspecified atom stereocenters. The lowest BCUT2D eigenvalue weighted by molar-refractivity contribution is -0.183. The third kappa shape index (κ3) is 4.22. The number of hydrogen-bond donors (Lipinski definition) is 1. The summed E-state index contributed by atoms with van der Waals surface area (Å²) in [4.78, 5) is 21.5. The number of aromatic nitrogens is 3. The van der Waals surface area contributed by atoms with Crippen LogP contribution >= 0.6 is 0 Å². The van der Waals surface area contributed by atoms with E-state index < -0.39 is 6.04 Å². The van der Waals surface area contributed by atoms with Crippen LogP contribution in [0.3, 0.4) is 0 Å². The molecule has 0 aliphatic carbocycles. The molecule has 0 radical (unpaired) electrons. The summed E-state index contributed by atoms with van der Waals surface area (Å²) in [6, 6.07) is 13.8. The van der Waals surface area contributed by atoms with Gasteiger partial charge in [-0.3, -0.25) is 14.7 Å². The van der Waals surface area contributed by atoms with Gasteiger partial charge in [-0.05, 0) is 67.7 Å². The van der Waals surface area contributed by atoms with Gasteiger partial charge < -0.3 is 5.32 Å². The Morgan fingerprint density at radius 3 is 2.78 bits per heavy atom. The summed E-state index contributed by atoms with van der Waals surface area (Å²) in [6.45, 7) is 4.76. The maximum atomic E-state index is 13.6. The van der Waals surface area contributed by atoms with E-state index in [1.807, 2.05) is 48.5 Å². The number of hydrogen-bond acceptors (Lipinski definition) is 6. The number of nitrogens with one attached hydrogen (secondary N) is 1. The van der Waals surface area contributed by atoms with E-state index in [1.54, 1.807) is 12.4 Å². The topological polar surface area (TPSA) is 72.3 Å². The first-order chi connectivity index (χ1) is 15.6. The molecule has 0 amide bonds. The van der Waals surface area contributed by atoms with Crippen molar-refractivity contribution in [1.29, 1.82) is 0 Å². The number of Topliss-reactive ketones (excluding diaryl/α,β-unsaturated/α-hetero) is 1. The molecular weight excluding hydrogens is 402 g/mol. The summed E-state index contributed by atoms with van der Waals surface area (Å²) >= 11 is 0.